The maximum atomic E-state index is 12.7. The van der Waals surface area contributed by atoms with Gasteiger partial charge >= 0.3 is 0 Å². The van der Waals surface area contributed by atoms with Crippen molar-refractivity contribution >= 4 is 10.0 Å². The third-order valence-electron chi connectivity index (χ3n) is 5.02. The molecule has 1 aliphatic carbocycles. The van der Waals surface area contributed by atoms with Crippen LogP contribution < -0.4 is 9.46 Å². The monoisotopic (exact) mass is 355 g/mol. The summed E-state index contributed by atoms with van der Waals surface area (Å²) in [6.45, 7) is 7.13. The second-order valence-corrected chi connectivity index (χ2v) is 8.48. The van der Waals surface area contributed by atoms with Crippen molar-refractivity contribution in [3.05, 3.63) is 23.8 Å². The van der Waals surface area contributed by atoms with Crippen molar-refractivity contribution < 1.29 is 17.9 Å². The molecule has 1 aliphatic rings. The third kappa shape index (κ3) is 4.71. The van der Waals surface area contributed by atoms with E-state index in [1.807, 2.05) is 6.92 Å². The summed E-state index contributed by atoms with van der Waals surface area (Å²) in [6, 6.07) is 5.00. The van der Waals surface area contributed by atoms with Gasteiger partial charge in [0.2, 0.25) is 10.0 Å². The smallest absolute Gasteiger partial charge is 0.240 e. The first-order chi connectivity index (χ1) is 11.3. The summed E-state index contributed by atoms with van der Waals surface area (Å²) in [7, 11) is -1.90. The number of rotatable bonds is 7. The van der Waals surface area contributed by atoms with Gasteiger partial charge in [0.1, 0.15) is 12.4 Å². The van der Waals surface area contributed by atoms with E-state index in [-0.39, 0.29) is 6.04 Å². The van der Waals surface area contributed by atoms with Gasteiger partial charge in [-0.3, -0.25) is 0 Å². The highest BCUT2D eigenvalue weighted by Gasteiger charge is 2.30. The van der Waals surface area contributed by atoms with E-state index in [4.69, 9.17) is 9.47 Å². The van der Waals surface area contributed by atoms with Crippen LogP contribution in [0.2, 0.25) is 0 Å². The van der Waals surface area contributed by atoms with Gasteiger partial charge in [-0.05, 0) is 48.9 Å². The highest BCUT2D eigenvalue weighted by molar-refractivity contribution is 7.89. The summed E-state index contributed by atoms with van der Waals surface area (Å²) < 4.78 is 38.9. The average Bonchev–Trinajstić information content (AvgIpc) is 2.53. The topological polar surface area (TPSA) is 64.6 Å². The van der Waals surface area contributed by atoms with Gasteiger partial charge in [-0.1, -0.05) is 26.7 Å². The summed E-state index contributed by atoms with van der Waals surface area (Å²) in [5, 5.41) is 0. The van der Waals surface area contributed by atoms with E-state index in [0.717, 1.165) is 18.4 Å². The number of ether oxygens (including phenoxy) is 2. The van der Waals surface area contributed by atoms with E-state index in [9.17, 15) is 8.42 Å². The minimum absolute atomic E-state index is 0.0108. The zero-order valence-corrected chi connectivity index (χ0v) is 15.9. The summed E-state index contributed by atoms with van der Waals surface area (Å²) in [5.41, 5.74) is 0.805. The lowest BCUT2D eigenvalue weighted by molar-refractivity contribution is 0.146. The molecule has 5 nitrogen and oxygen atoms in total. The zero-order valence-electron chi connectivity index (χ0n) is 15.0. The molecule has 6 heteroatoms. The Morgan fingerprint density at radius 2 is 1.96 bits per heavy atom. The first kappa shape index (κ1) is 19.2. The Kier molecular flexibility index (Phi) is 6.66. The van der Waals surface area contributed by atoms with E-state index in [1.165, 1.54) is 6.42 Å². The molecule has 0 amide bonds. The maximum Gasteiger partial charge on any atom is 0.240 e. The lowest BCUT2D eigenvalue weighted by atomic mass is 9.78. The van der Waals surface area contributed by atoms with Crippen molar-refractivity contribution in [2.75, 3.05) is 20.3 Å². The van der Waals surface area contributed by atoms with Gasteiger partial charge < -0.3 is 9.47 Å². The van der Waals surface area contributed by atoms with Crippen LogP contribution >= 0.6 is 0 Å². The predicted octanol–water partition coefficient (Wildman–Crippen LogP) is 3.12. The lowest BCUT2D eigenvalue weighted by Gasteiger charge is -2.34. The Hall–Kier alpha value is -1.11. The van der Waals surface area contributed by atoms with E-state index in [2.05, 4.69) is 18.6 Å². The van der Waals surface area contributed by atoms with Gasteiger partial charge in [0, 0.05) is 13.2 Å². The van der Waals surface area contributed by atoms with Crippen LogP contribution in [0.1, 0.15) is 38.7 Å². The summed E-state index contributed by atoms with van der Waals surface area (Å²) in [6.07, 6.45) is 3.15. The van der Waals surface area contributed by atoms with Gasteiger partial charge in [0.25, 0.3) is 0 Å². The predicted molar refractivity (Wildman–Crippen MR) is 94.8 cm³/mol. The molecule has 2 rings (SSSR count). The Morgan fingerprint density at radius 3 is 2.62 bits per heavy atom. The van der Waals surface area contributed by atoms with E-state index < -0.39 is 10.0 Å². The Morgan fingerprint density at radius 1 is 1.21 bits per heavy atom. The fraction of sp³-hybridized carbons (Fsp3) is 0.667. The van der Waals surface area contributed by atoms with Crippen molar-refractivity contribution in [1.82, 2.24) is 4.72 Å². The lowest BCUT2D eigenvalue weighted by Crippen LogP contribution is -2.43. The Labute approximate surface area is 145 Å². The molecule has 1 aromatic rings. The normalized spacial score (nSPS) is 24.8. The average molecular weight is 356 g/mol. The van der Waals surface area contributed by atoms with E-state index >= 15 is 0 Å². The van der Waals surface area contributed by atoms with Crippen molar-refractivity contribution in [1.29, 1.82) is 0 Å². The van der Waals surface area contributed by atoms with Crippen molar-refractivity contribution in [2.24, 2.45) is 11.8 Å². The fourth-order valence-electron chi connectivity index (χ4n) is 3.20. The molecule has 1 aromatic carbocycles. The molecule has 24 heavy (non-hydrogen) atoms. The van der Waals surface area contributed by atoms with Crippen LogP contribution in [0.5, 0.6) is 5.75 Å². The first-order valence-corrected chi connectivity index (χ1v) is 10.1. The van der Waals surface area contributed by atoms with Crippen LogP contribution in [0, 0.1) is 18.8 Å². The minimum Gasteiger partial charge on any atom is -0.491 e. The molecule has 0 aliphatic heterocycles. The second-order valence-electron chi connectivity index (χ2n) is 6.76. The molecule has 0 radical (unpaired) electrons. The number of aryl methyl sites for hydroxylation is 1. The number of sulfonamides is 1. The quantitative estimate of drug-likeness (QED) is 0.763. The zero-order chi connectivity index (χ0) is 17.7. The van der Waals surface area contributed by atoms with Gasteiger partial charge in [-0.15, -0.1) is 0 Å². The largest absolute Gasteiger partial charge is 0.491 e. The molecule has 0 spiro atoms. The molecule has 0 bridgehead atoms. The molecule has 136 valence electrons. The number of hydrogen-bond acceptors (Lipinski definition) is 4. The molecule has 3 atom stereocenters. The van der Waals surface area contributed by atoms with Crippen molar-refractivity contribution in [3.63, 3.8) is 0 Å². The number of benzene rings is 1. The molecular formula is C18H29NO4S. The highest BCUT2D eigenvalue weighted by atomic mass is 32.2. The van der Waals surface area contributed by atoms with Crippen LogP contribution in [0.15, 0.2) is 23.1 Å². The first-order valence-electron chi connectivity index (χ1n) is 8.60. The highest BCUT2D eigenvalue weighted by Crippen LogP contribution is 2.31. The summed E-state index contributed by atoms with van der Waals surface area (Å²) >= 11 is 0. The molecule has 0 heterocycles. The Bertz CT molecular complexity index is 644. The second kappa shape index (κ2) is 8.32. The molecule has 1 fully saturated rings. The number of nitrogens with one attached hydrogen (secondary N) is 1. The van der Waals surface area contributed by atoms with Gasteiger partial charge in [-0.2, -0.15) is 0 Å². The summed E-state index contributed by atoms with van der Waals surface area (Å²) in [5.74, 6) is 1.58. The molecule has 3 unspecified atom stereocenters. The number of hydrogen-bond donors (Lipinski definition) is 1. The van der Waals surface area contributed by atoms with E-state index in [1.54, 1.807) is 25.3 Å². The van der Waals surface area contributed by atoms with Crippen molar-refractivity contribution in [2.45, 2.75) is 51.0 Å². The standard InChI is InChI=1S/C18H29NO4S/c1-13-6-5-7-17(15(13)3)19-24(20,21)16-8-9-18(14(2)12-16)23-11-10-22-4/h8-9,12-13,15,17,19H,5-7,10-11H2,1-4H3. The third-order valence-corrected chi connectivity index (χ3v) is 6.50. The molecule has 0 aromatic heterocycles. The Balaban J connectivity index is 2.10. The molecule has 0 saturated heterocycles. The fourth-order valence-corrected chi connectivity index (χ4v) is 4.65. The van der Waals surface area contributed by atoms with Crippen molar-refractivity contribution in [3.8, 4) is 5.75 Å². The van der Waals surface area contributed by atoms with Crippen LogP contribution in [0.4, 0.5) is 0 Å². The van der Waals surface area contributed by atoms with E-state index in [0.29, 0.717) is 35.7 Å². The van der Waals surface area contributed by atoms with Gasteiger partial charge in [0.05, 0.1) is 11.5 Å². The van der Waals surface area contributed by atoms with Crippen LogP contribution in [-0.2, 0) is 14.8 Å². The SMILES string of the molecule is COCCOc1ccc(S(=O)(=O)NC2CCCC(C)C2C)cc1C. The summed E-state index contributed by atoms with van der Waals surface area (Å²) in [4.78, 5) is 0.296. The van der Waals surface area contributed by atoms with Crippen LogP contribution in [-0.4, -0.2) is 34.8 Å². The molecule has 1 saturated carbocycles. The number of methoxy groups -OCH3 is 1. The maximum absolute atomic E-state index is 12.7. The van der Waals surface area contributed by atoms with Gasteiger partial charge in [-0.25, -0.2) is 13.1 Å². The minimum atomic E-state index is -3.51. The van der Waals surface area contributed by atoms with Crippen LogP contribution in [0.3, 0.4) is 0 Å². The van der Waals surface area contributed by atoms with Crippen LogP contribution in [0.25, 0.3) is 0 Å². The molecule has 1 N–H and O–H groups in total. The molecular weight excluding hydrogens is 326 g/mol. The van der Waals surface area contributed by atoms with Gasteiger partial charge in [0.15, 0.2) is 0 Å².